The minimum atomic E-state index is -2.59. The highest BCUT2D eigenvalue weighted by molar-refractivity contribution is 7.15. The zero-order valence-electron chi connectivity index (χ0n) is 12.7. The van der Waals surface area contributed by atoms with Gasteiger partial charge in [0, 0.05) is 56.0 Å². The fourth-order valence-corrected chi connectivity index (χ4v) is 3.93. The lowest BCUT2D eigenvalue weighted by atomic mass is 9.94. The van der Waals surface area contributed by atoms with Gasteiger partial charge in [-0.05, 0) is 19.8 Å². The maximum Gasteiger partial charge on any atom is 0.251 e. The predicted octanol–water partition coefficient (Wildman–Crippen LogP) is 2.93. The van der Waals surface area contributed by atoms with Crippen molar-refractivity contribution in [2.24, 2.45) is 5.92 Å². The maximum atomic E-state index is 13.2. The molecule has 3 rings (SSSR count). The number of likely N-dealkylation sites (tertiary alicyclic amines) is 1. The highest BCUT2D eigenvalue weighted by Crippen LogP contribution is 2.31. The van der Waals surface area contributed by atoms with E-state index in [4.69, 9.17) is 0 Å². The number of alkyl halides is 2. The highest BCUT2D eigenvalue weighted by Gasteiger charge is 2.37. The van der Waals surface area contributed by atoms with Crippen LogP contribution >= 0.6 is 11.3 Å². The Hall–Kier alpha value is -1.24. The molecule has 0 spiro atoms. The van der Waals surface area contributed by atoms with E-state index in [0.29, 0.717) is 0 Å². The van der Waals surface area contributed by atoms with Gasteiger partial charge in [-0.1, -0.05) is 0 Å². The van der Waals surface area contributed by atoms with Crippen molar-refractivity contribution in [2.75, 3.05) is 31.1 Å². The first-order valence-corrected chi connectivity index (χ1v) is 8.60. The van der Waals surface area contributed by atoms with Gasteiger partial charge >= 0.3 is 0 Å². The summed E-state index contributed by atoms with van der Waals surface area (Å²) in [7, 11) is 0. The molecule has 0 aliphatic carbocycles. The Labute approximate surface area is 133 Å². The predicted molar refractivity (Wildman–Crippen MR) is 82.5 cm³/mol. The molecule has 2 saturated heterocycles. The molecule has 3 heterocycles. The van der Waals surface area contributed by atoms with Crippen molar-refractivity contribution < 1.29 is 13.6 Å². The molecule has 2 aliphatic rings. The normalized spacial score (nSPS) is 22.9. The van der Waals surface area contributed by atoms with Gasteiger partial charge in [0.2, 0.25) is 5.91 Å². The van der Waals surface area contributed by atoms with Crippen LogP contribution in [0.4, 0.5) is 13.9 Å². The minimum absolute atomic E-state index is 0.0240. The van der Waals surface area contributed by atoms with Gasteiger partial charge in [0.1, 0.15) is 0 Å². The quantitative estimate of drug-likeness (QED) is 0.837. The standard InChI is InChI=1S/C15H21F2N3OS/c1-11-10-18-14(22-11)20-6-2-12(3-7-20)13(21)19-8-4-15(16,17)5-9-19/h10,12H,2-9H2,1H3. The summed E-state index contributed by atoms with van der Waals surface area (Å²) in [4.78, 5) is 21.9. The number of aryl methyl sites for hydroxylation is 1. The lowest BCUT2D eigenvalue weighted by molar-refractivity contribution is -0.142. The average molecular weight is 329 g/mol. The summed E-state index contributed by atoms with van der Waals surface area (Å²) in [5, 5.41) is 1.01. The van der Waals surface area contributed by atoms with Crippen LogP contribution in [0.2, 0.25) is 0 Å². The van der Waals surface area contributed by atoms with E-state index < -0.39 is 5.92 Å². The molecule has 0 aromatic carbocycles. The second kappa shape index (κ2) is 6.10. The van der Waals surface area contributed by atoms with E-state index >= 15 is 0 Å². The SMILES string of the molecule is Cc1cnc(N2CCC(C(=O)N3CCC(F)(F)CC3)CC2)s1. The third-order valence-corrected chi connectivity index (χ3v) is 5.50. The summed E-state index contributed by atoms with van der Waals surface area (Å²) in [6, 6.07) is 0. The zero-order chi connectivity index (χ0) is 15.7. The van der Waals surface area contributed by atoms with Gasteiger partial charge in [0.15, 0.2) is 5.13 Å². The topological polar surface area (TPSA) is 36.4 Å². The largest absolute Gasteiger partial charge is 0.348 e. The van der Waals surface area contributed by atoms with Crippen molar-refractivity contribution in [2.45, 2.75) is 38.5 Å². The molecule has 122 valence electrons. The molecule has 0 unspecified atom stereocenters. The monoisotopic (exact) mass is 329 g/mol. The van der Waals surface area contributed by atoms with Crippen LogP contribution in [0.25, 0.3) is 0 Å². The molecule has 4 nitrogen and oxygen atoms in total. The summed E-state index contributed by atoms with van der Waals surface area (Å²) in [5.74, 6) is -2.56. The summed E-state index contributed by atoms with van der Waals surface area (Å²) in [6.45, 7) is 4.04. The summed E-state index contributed by atoms with van der Waals surface area (Å²) in [6.07, 6.45) is 3.03. The summed E-state index contributed by atoms with van der Waals surface area (Å²) >= 11 is 1.67. The average Bonchev–Trinajstić information content (AvgIpc) is 2.93. The number of piperidine rings is 2. The molecule has 0 saturated carbocycles. The first kappa shape index (κ1) is 15.6. The lowest BCUT2D eigenvalue weighted by Gasteiger charge is -2.37. The van der Waals surface area contributed by atoms with Crippen LogP contribution in [0.1, 0.15) is 30.6 Å². The molecule has 0 atom stereocenters. The number of carbonyl (C=O) groups is 1. The number of carbonyl (C=O) groups excluding carboxylic acids is 1. The molecule has 1 aromatic heterocycles. The number of aromatic nitrogens is 1. The highest BCUT2D eigenvalue weighted by atomic mass is 32.1. The summed E-state index contributed by atoms with van der Waals surface area (Å²) in [5.41, 5.74) is 0. The second-order valence-corrected chi connectivity index (χ2v) is 7.41. The number of hydrogen-bond donors (Lipinski definition) is 0. The van der Waals surface area contributed by atoms with Crippen molar-refractivity contribution >= 4 is 22.4 Å². The van der Waals surface area contributed by atoms with Gasteiger partial charge in [0.05, 0.1) is 0 Å². The molecule has 0 radical (unpaired) electrons. The second-order valence-electron chi connectivity index (χ2n) is 6.20. The van der Waals surface area contributed by atoms with E-state index in [1.54, 1.807) is 16.2 Å². The number of anilines is 1. The molecule has 1 amide bonds. The number of nitrogens with zero attached hydrogens (tertiary/aromatic N) is 3. The molecule has 2 aliphatic heterocycles. The fourth-order valence-electron chi connectivity index (χ4n) is 3.12. The summed E-state index contributed by atoms with van der Waals surface area (Å²) < 4.78 is 26.3. The molecule has 7 heteroatoms. The Kier molecular flexibility index (Phi) is 4.34. The number of amides is 1. The van der Waals surface area contributed by atoms with Gasteiger partial charge in [-0.2, -0.15) is 0 Å². The number of rotatable bonds is 2. The van der Waals surface area contributed by atoms with Gasteiger partial charge in [-0.25, -0.2) is 13.8 Å². The van der Waals surface area contributed by atoms with E-state index in [1.807, 2.05) is 13.1 Å². The lowest BCUT2D eigenvalue weighted by Crippen LogP contribution is -2.47. The Balaban J connectivity index is 1.52. The van der Waals surface area contributed by atoms with Crippen LogP contribution in [0.5, 0.6) is 0 Å². The van der Waals surface area contributed by atoms with E-state index in [0.717, 1.165) is 31.1 Å². The molecular formula is C15H21F2N3OS. The molecule has 0 N–H and O–H groups in total. The van der Waals surface area contributed by atoms with Crippen molar-refractivity contribution in [3.8, 4) is 0 Å². The van der Waals surface area contributed by atoms with Gasteiger partial charge in [-0.15, -0.1) is 11.3 Å². The van der Waals surface area contributed by atoms with Crippen LogP contribution in [0.3, 0.4) is 0 Å². The van der Waals surface area contributed by atoms with Crippen LogP contribution in [0, 0.1) is 12.8 Å². The van der Waals surface area contributed by atoms with Gasteiger partial charge in [-0.3, -0.25) is 4.79 Å². The van der Waals surface area contributed by atoms with E-state index in [1.165, 1.54) is 4.88 Å². The fraction of sp³-hybridized carbons (Fsp3) is 0.733. The van der Waals surface area contributed by atoms with Gasteiger partial charge < -0.3 is 9.80 Å². The third-order valence-electron chi connectivity index (χ3n) is 4.53. The maximum absolute atomic E-state index is 13.2. The number of hydrogen-bond acceptors (Lipinski definition) is 4. The number of thiazole rings is 1. The third kappa shape index (κ3) is 3.39. The molecular weight excluding hydrogens is 308 g/mol. The van der Waals surface area contributed by atoms with Crippen molar-refractivity contribution in [1.82, 2.24) is 9.88 Å². The van der Waals surface area contributed by atoms with Crippen molar-refractivity contribution in [1.29, 1.82) is 0 Å². The first-order chi connectivity index (χ1) is 10.4. The Morgan fingerprint density at radius 1 is 1.27 bits per heavy atom. The van der Waals surface area contributed by atoms with Crippen LogP contribution in [-0.4, -0.2) is 47.9 Å². The van der Waals surface area contributed by atoms with Crippen LogP contribution in [-0.2, 0) is 4.79 Å². The number of halogens is 2. The minimum Gasteiger partial charge on any atom is -0.348 e. The molecule has 1 aromatic rings. The van der Waals surface area contributed by atoms with Crippen molar-refractivity contribution in [3.63, 3.8) is 0 Å². The molecule has 0 bridgehead atoms. The molecule has 22 heavy (non-hydrogen) atoms. The van der Waals surface area contributed by atoms with E-state index in [9.17, 15) is 13.6 Å². The van der Waals surface area contributed by atoms with Crippen LogP contribution in [0.15, 0.2) is 6.20 Å². The zero-order valence-corrected chi connectivity index (χ0v) is 13.5. The Morgan fingerprint density at radius 3 is 2.45 bits per heavy atom. The van der Waals surface area contributed by atoms with E-state index in [2.05, 4.69) is 9.88 Å². The van der Waals surface area contributed by atoms with Gasteiger partial charge in [0.25, 0.3) is 5.92 Å². The smallest absolute Gasteiger partial charge is 0.251 e. The van der Waals surface area contributed by atoms with Crippen molar-refractivity contribution in [3.05, 3.63) is 11.1 Å². The van der Waals surface area contributed by atoms with E-state index in [-0.39, 0.29) is 37.8 Å². The molecule has 2 fully saturated rings. The first-order valence-electron chi connectivity index (χ1n) is 7.79. The Bertz CT molecular complexity index is 531. The van der Waals surface area contributed by atoms with Crippen LogP contribution < -0.4 is 4.90 Å². The Morgan fingerprint density at radius 2 is 1.91 bits per heavy atom.